The number of carbonyl (C=O) groups excluding carboxylic acids is 1. The van der Waals surface area contributed by atoms with E-state index in [2.05, 4.69) is 0 Å². The van der Waals surface area contributed by atoms with E-state index >= 15 is 0 Å². The minimum atomic E-state index is -1.79. The van der Waals surface area contributed by atoms with Crippen molar-refractivity contribution >= 4 is 22.6 Å². The van der Waals surface area contributed by atoms with Crippen molar-refractivity contribution in [2.75, 3.05) is 6.61 Å². The number of fused-ring (bicyclic) bond motifs is 1. The predicted octanol–water partition coefficient (Wildman–Crippen LogP) is 3.41. The van der Waals surface area contributed by atoms with Crippen LogP contribution in [-0.2, 0) is 10.3 Å². The molecule has 8 nitrogen and oxygen atoms in total. The van der Waals surface area contributed by atoms with Crippen molar-refractivity contribution < 1.29 is 28.0 Å². The number of benzene rings is 1. The van der Waals surface area contributed by atoms with E-state index in [1.54, 1.807) is 13.8 Å². The van der Waals surface area contributed by atoms with Crippen LogP contribution in [0.5, 0.6) is 5.75 Å². The van der Waals surface area contributed by atoms with Crippen LogP contribution in [0, 0.1) is 21.7 Å². The second-order valence-electron chi connectivity index (χ2n) is 7.46. The van der Waals surface area contributed by atoms with Gasteiger partial charge in [0.2, 0.25) is 17.1 Å². The van der Waals surface area contributed by atoms with Gasteiger partial charge in [0.15, 0.2) is 5.75 Å². The molecule has 0 saturated heterocycles. The minimum Gasteiger partial charge on any atom is -0.485 e. The lowest BCUT2D eigenvalue weighted by Crippen LogP contribution is -2.43. The molecule has 1 aromatic carbocycles. The van der Waals surface area contributed by atoms with E-state index in [-0.39, 0.29) is 12.1 Å². The van der Waals surface area contributed by atoms with Crippen LogP contribution in [0.2, 0.25) is 0 Å². The van der Waals surface area contributed by atoms with Gasteiger partial charge in [0.25, 0.3) is 0 Å². The Labute approximate surface area is 163 Å². The lowest BCUT2D eigenvalue weighted by molar-refractivity contribution is -0.386. The zero-order valence-electron chi connectivity index (χ0n) is 15.8. The number of rotatable bonds is 3. The summed E-state index contributed by atoms with van der Waals surface area (Å²) in [4.78, 5) is 35.8. The number of nitro groups is 1. The molecular formula is C19H18F2N2O6. The maximum Gasteiger partial charge on any atom is 0.343 e. The highest BCUT2D eigenvalue weighted by Crippen LogP contribution is 2.50. The van der Waals surface area contributed by atoms with E-state index in [0.29, 0.717) is 19.3 Å². The van der Waals surface area contributed by atoms with E-state index in [9.17, 15) is 28.5 Å². The van der Waals surface area contributed by atoms with Gasteiger partial charge in [-0.3, -0.25) is 14.9 Å². The second kappa shape index (κ2) is 6.50. The SMILES string of the molecule is CCOC(=O)c1cn2c3c(c(F)c(F)c([N+](=O)[O-])c3c1=O)OC(C)CC21CCC1. The van der Waals surface area contributed by atoms with Gasteiger partial charge in [-0.2, -0.15) is 8.78 Å². The van der Waals surface area contributed by atoms with E-state index in [4.69, 9.17) is 9.47 Å². The zero-order chi connectivity index (χ0) is 21.1. The highest BCUT2D eigenvalue weighted by atomic mass is 19.2. The number of carbonyl (C=O) groups is 1. The molecule has 1 spiro atoms. The molecule has 1 saturated carbocycles. The van der Waals surface area contributed by atoms with E-state index in [0.717, 1.165) is 6.42 Å². The number of aromatic nitrogens is 1. The zero-order valence-corrected chi connectivity index (χ0v) is 15.8. The molecular weight excluding hydrogens is 390 g/mol. The molecule has 0 N–H and O–H groups in total. The third-order valence-corrected chi connectivity index (χ3v) is 5.72. The Morgan fingerprint density at radius 1 is 1.41 bits per heavy atom. The maximum absolute atomic E-state index is 14.8. The van der Waals surface area contributed by atoms with E-state index in [1.165, 1.54) is 10.8 Å². The second-order valence-corrected chi connectivity index (χ2v) is 7.46. The fraction of sp³-hybridized carbons (Fsp3) is 0.474. The van der Waals surface area contributed by atoms with Crippen LogP contribution in [0.15, 0.2) is 11.0 Å². The predicted molar refractivity (Wildman–Crippen MR) is 97.3 cm³/mol. The number of nitro benzene ring substituents is 1. The fourth-order valence-electron chi connectivity index (χ4n) is 4.39. The van der Waals surface area contributed by atoms with Crippen LogP contribution in [0.4, 0.5) is 14.5 Å². The molecule has 2 heterocycles. The monoisotopic (exact) mass is 408 g/mol. The average molecular weight is 408 g/mol. The molecule has 4 rings (SSSR count). The first-order chi connectivity index (χ1) is 13.7. The molecule has 2 aliphatic rings. The Kier molecular flexibility index (Phi) is 4.32. The number of pyridine rings is 1. The van der Waals surface area contributed by atoms with Crippen LogP contribution in [0.25, 0.3) is 10.9 Å². The van der Waals surface area contributed by atoms with Crippen LogP contribution in [0.1, 0.15) is 49.9 Å². The van der Waals surface area contributed by atoms with Gasteiger partial charge >= 0.3 is 11.7 Å². The smallest absolute Gasteiger partial charge is 0.343 e. The summed E-state index contributed by atoms with van der Waals surface area (Å²) in [6, 6.07) is 0. The maximum atomic E-state index is 14.8. The van der Waals surface area contributed by atoms with Crippen molar-refractivity contribution in [3.63, 3.8) is 0 Å². The first kappa shape index (κ1) is 19.3. The Morgan fingerprint density at radius 3 is 2.66 bits per heavy atom. The molecule has 0 amide bonds. The number of ether oxygens (including phenoxy) is 2. The van der Waals surface area contributed by atoms with Crippen molar-refractivity contribution in [1.29, 1.82) is 0 Å². The van der Waals surface area contributed by atoms with E-state index in [1.807, 2.05) is 0 Å². The average Bonchev–Trinajstić information content (AvgIpc) is 2.76. The third-order valence-electron chi connectivity index (χ3n) is 5.72. The van der Waals surface area contributed by atoms with Crippen molar-refractivity contribution in [2.24, 2.45) is 0 Å². The Morgan fingerprint density at radius 2 is 2.10 bits per heavy atom. The molecule has 0 bridgehead atoms. The number of esters is 1. The molecule has 1 atom stereocenters. The summed E-state index contributed by atoms with van der Waals surface area (Å²) in [6.07, 6.45) is 3.26. The van der Waals surface area contributed by atoms with E-state index < -0.39 is 62.0 Å². The van der Waals surface area contributed by atoms with Gasteiger partial charge in [0.1, 0.15) is 16.5 Å². The highest BCUT2D eigenvalue weighted by Gasteiger charge is 2.46. The van der Waals surface area contributed by atoms with Crippen LogP contribution in [0.3, 0.4) is 0 Å². The Bertz CT molecular complexity index is 1120. The molecule has 1 unspecified atom stereocenters. The molecule has 1 aliphatic carbocycles. The quantitative estimate of drug-likeness (QED) is 0.438. The summed E-state index contributed by atoms with van der Waals surface area (Å²) in [5.74, 6) is -4.84. The lowest BCUT2D eigenvalue weighted by Gasteiger charge is -2.44. The Balaban J connectivity index is 2.23. The number of halogens is 2. The summed E-state index contributed by atoms with van der Waals surface area (Å²) in [6.45, 7) is 3.21. The van der Waals surface area contributed by atoms with Gasteiger partial charge in [-0.25, -0.2) is 4.79 Å². The normalized spacial score (nSPS) is 19.4. The first-order valence-electron chi connectivity index (χ1n) is 9.31. The summed E-state index contributed by atoms with van der Waals surface area (Å²) in [7, 11) is 0. The molecule has 1 aliphatic heterocycles. The Hall–Kier alpha value is -3.04. The lowest BCUT2D eigenvalue weighted by atomic mass is 9.72. The van der Waals surface area contributed by atoms with Crippen LogP contribution < -0.4 is 10.2 Å². The summed E-state index contributed by atoms with van der Waals surface area (Å²) in [5.41, 5.74) is -3.67. The first-order valence-corrected chi connectivity index (χ1v) is 9.31. The van der Waals surface area contributed by atoms with Crippen LogP contribution in [-0.4, -0.2) is 28.2 Å². The van der Waals surface area contributed by atoms with Crippen LogP contribution >= 0.6 is 0 Å². The molecule has 10 heteroatoms. The highest BCUT2D eigenvalue weighted by molar-refractivity contribution is 5.99. The molecule has 29 heavy (non-hydrogen) atoms. The number of nitrogens with zero attached hydrogens (tertiary/aromatic N) is 2. The van der Waals surface area contributed by atoms with Crippen molar-refractivity contribution in [1.82, 2.24) is 4.57 Å². The summed E-state index contributed by atoms with van der Waals surface area (Å²) >= 11 is 0. The van der Waals surface area contributed by atoms with Gasteiger partial charge in [-0.15, -0.1) is 0 Å². The fourth-order valence-corrected chi connectivity index (χ4v) is 4.39. The summed E-state index contributed by atoms with van der Waals surface area (Å²) < 4.78 is 41.4. The van der Waals surface area contributed by atoms with Crippen molar-refractivity contribution in [2.45, 2.75) is 51.2 Å². The minimum absolute atomic E-state index is 0.0211. The molecule has 154 valence electrons. The van der Waals surface area contributed by atoms with Crippen molar-refractivity contribution in [3.05, 3.63) is 43.7 Å². The molecule has 0 radical (unpaired) electrons. The van der Waals surface area contributed by atoms with Gasteiger partial charge in [0.05, 0.1) is 17.6 Å². The van der Waals surface area contributed by atoms with Gasteiger partial charge in [-0.1, -0.05) is 0 Å². The third kappa shape index (κ3) is 2.61. The van der Waals surface area contributed by atoms with Gasteiger partial charge in [-0.05, 0) is 33.1 Å². The van der Waals surface area contributed by atoms with Gasteiger partial charge in [0, 0.05) is 18.2 Å². The van der Waals surface area contributed by atoms with Gasteiger partial charge < -0.3 is 14.0 Å². The molecule has 1 aromatic heterocycles. The van der Waals surface area contributed by atoms with Crippen molar-refractivity contribution in [3.8, 4) is 5.75 Å². The topological polar surface area (TPSA) is 101 Å². The molecule has 1 fully saturated rings. The summed E-state index contributed by atoms with van der Waals surface area (Å²) in [5, 5.41) is 10.9. The standard InChI is InChI=1S/C19H18F2N2O6/c1-3-28-18(25)10-8-22-15-11(16(10)24)14(23(26)27)12(20)13(21)17(15)29-9(2)7-19(22)5-4-6-19/h8-9H,3-7H2,1-2H3. The largest absolute Gasteiger partial charge is 0.485 e. The number of hydrogen-bond donors (Lipinski definition) is 0. The number of hydrogen-bond acceptors (Lipinski definition) is 6. The molecule has 2 aromatic rings.